The first-order valence-electron chi connectivity index (χ1n) is 14.0. The summed E-state index contributed by atoms with van der Waals surface area (Å²) in [6.07, 6.45) is 20.0. The average Bonchev–Trinajstić information content (AvgIpc) is 2.80. The molecule has 4 rings (SSSR count). The Kier molecular flexibility index (Phi) is 8.56. The third-order valence-electron chi connectivity index (χ3n) is 8.67. The molecular weight excluding hydrogens is 412 g/mol. The highest BCUT2D eigenvalue weighted by atomic mass is 16.3. The Hall–Kier alpha value is -2.02. The molecule has 2 aliphatic rings. The number of phenols is 1. The molecule has 1 N–H and O–H groups in total. The molecule has 0 unspecified atom stereocenters. The van der Waals surface area contributed by atoms with E-state index < -0.39 is 0 Å². The number of aromatic hydroxyl groups is 1. The fourth-order valence-corrected chi connectivity index (χ4v) is 6.91. The SMILES string of the molecule is CCCCCc1ccccc1Cc1cc(O)cc(C[C@H]2CCC[C@H]([C@]3(C)C=CC[C@H](C)C3)C2)c1. The molecule has 1 heteroatoms. The summed E-state index contributed by atoms with van der Waals surface area (Å²) in [7, 11) is 0. The first-order valence-corrected chi connectivity index (χ1v) is 14.0. The molecule has 0 aliphatic heterocycles. The molecule has 0 amide bonds. The van der Waals surface area contributed by atoms with Crippen LogP contribution in [0.3, 0.4) is 0 Å². The van der Waals surface area contributed by atoms with Gasteiger partial charge in [0.25, 0.3) is 0 Å². The zero-order chi connectivity index (χ0) is 24.0. The largest absolute Gasteiger partial charge is 0.508 e. The van der Waals surface area contributed by atoms with E-state index in [0.29, 0.717) is 11.2 Å². The van der Waals surface area contributed by atoms with Gasteiger partial charge in [-0.2, -0.15) is 0 Å². The van der Waals surface area contributed by atoms with Gasteiger partial charge in [-0.05, 0) is 109 Å². The van der Waals surface area contributed by atoms with Crippen molar-refractivity contribution in [2.45, 2.75) is 97.8 Å². The standard InChI is InChI=1S/C33H46O/c1-4-5-6-13-29-14-7-8-15-30(29)20-28-19-27(22-32(34)23-28)18-26-12-9-16-31(21-26)33(3)17-10-11-25(2)24-33/h7-8,10,14-15,17,19,22-23,25-26,31,34H,4-6,9,11-13,16,18,20-21,24H2,1-3H3/t25-,26+,31-,33+/m0/s1. The quantitative estimate of drug-likeness (QED) is 0.293. The van der Waals surface area contributed by atoms with Gasteiger partial charge >= 0.3 is 0 Å². The lowest BCUT2D eigenvalue weighted by Gasteiger charge is -2.43. The van der Waals surface area contributed by atoms with E-state index in [1.54, 1.807) is 0 Å². The highest BCUT2D eigenvalue weighted by Gasteiger charge is 2.37. The Morgan fingerprint density at radius 2 is 1.79 bits per heavy atom. The van der Waals surface area contributed by atoms with Crippen LogP contribution in [0.15, 0.2) is 54.6 Å². The second-order valence-electron chi connectivity index (χ2n) is 11.8. The maximum absolute atomic E-state index is 10.6. The van der Waals surface area contributed by atoms with Crippen LogP contribution in [0.4, 0.5) is 0 Å². The molecule has 0 aromatic heterocycles. The zero-order valence-electron chi connectivity index (χ0n) is 21.9. The van der Waals surface area contributed by atoms with E-state index >= 15 is 0 Å². The average molecular weight is 459 g/mol. The van der Waals surface area contributed by atoms with Crippen LogP contribution in [0.1, 0.15) is 101 Å². The molecular formula is C33H46O. The number of aryl methyl sites for hydroxylation is 1. The normalized spacial score (nSPS) is 27.1. The summed E-state index contributed by atoms with van der Waals surface area (Å²) < 4.78 is 0. The molecule has 184 valence electrons. The molecule has 2 aromatic carbocycles. The second kappa shape index (κ2) is 11.6. The van der Waals surface area contributed by atoms with Gasteiger partial charge in [0.1, 0.15) is 5.75 Å². The minimum atomic E-state index is 0.377. The third kappa shape index (κ3) is 6.55. The molecule has 34 heavy (non-hydrogen) atoms. The number of hydrogen-bond donors (Lipinski definition) is 1. The van der Waals surface area contributed by atoms with Gasteiger partial charge in [-0.15, -0.1) is 0 Å². The van der Waals surface area contributed by atoms with Crippen molar-refractivity contribution in [1.29, 1.82) is 0 Å². The molecule has 4 atom stereocenters. The lowest BCUT2D eigenvalue weighted by atomic mass is 9.61. The lowest BCUT2D eigenvalue weighted by Crippen LogP contribution is -2.33. The Labute approximate surface area is 208 Å². The molecule has 0 spiro atoms. The Morgan fingerprint density at radius 1 is 1.00 bits per heavy atom. The van der Waals surface area contributed by atoms with Gasteiger partial charge in [0.15, 0.2) is 0 Å². The van der Waals surface area contributed by atoms with Gasteiger partial charge in [-0.25, -0.2) is 0 Å². The Bertz CT molecular complexity index is 957. The Morgan fingerprint density at radius 3 is 2.59 bits per heavy atom. The molecule has 1 fully saturated rings. The molecule has 2 aromatic rings. The summed E-state index contributed by atoms with van der Waals surface area (Å²) in [6, 6.07) is 15.3. The van der Waals surface area contributed by atoms with E-state index in [1.807, 2.05) is 12.1 Å². The van der Waals surface area contributed by atoms with Gasteiger partial charge in [-0.1, -0.05) is 88.9 Å². The first kappa shape index (κ1) is 25.1. The zero-order valence-corrected chi connectivity index (χ0v) is 21.9. The van der Waals surface area contributed by atoms with Crippen molar-refractivity contribution in [3.05, 3.63) is 76.9 Å². The van der Waals surface area contributed by atoms with Crippen LogP contribution < -0.4 is 0 Å². The number of unbranched alkanes of at least 4 members (excludes halogenated alkanes) is 2. The van der Waals surface area contributed by atoms with Crippen molar-refractivity contribution < 1.29 is 5.11 Å². The highest BCUT2D eigenvalue weighted by Crippen LogP contribution is 2.48. The minimum absolute atomic E-state index is 0.377. The van der Waals surface area contributed by atoms with Crippen LogP contribution in [0, 0.1) is 23.2 Å². The van der Waals surface area contributed by atoms with Gasteiger partial charge in [0.2, 0.25) is 0 Å². The first-order chi connectivity index (χ1) is 16.4. The Balaban J connectivity index is 1.44. The summed E-state index contributed by atoms with van der Waals surface area (Å²) in [5.74, 6) is 2.78. The van der Waals surface area contributed by atoms with Crippen LogP contribution >= 0.6 is 0 Å². The van der Waals surface area contributed by atoms with Crippen molar-refractivity contribution in [1.82, 2.24) is 0 Å². The number of benzene rings is 2. The van der Waals surface area contributed by atoms with Gasteiger partial charge in [-0.3, -0.25) is 0 Å². The van der Waals surface area contributed by atoms with E-state index in [2.05, 4.69) is 63.3 Å². The van der Waals surface area contributed by atoms with Crippen LogP contribution in [0.2, 0.25) is 0 Å². The molecule has 0 heterocycles. The molecule has 0 saturated heterocycles. The number of hydrogen-bond acceptors (Lipinski definition) is 1. The van der Waals surface area contributed by atoms with E-state index in [4.69, 9.17) is 0 Å². The molecule has 1 saturated carbocycles. The molecule has 1 nitrogen and oxygen atoms in total. The number of rotatable bonds is 9. The summed E-state index contributed by atoms with van der Waals surface area (Å²) in [5.41, 5.74) is 5.84. The summed E-state index contributed by atoms with van der Waals surface area (Å²) in [6.45, 7) is 7.19. The fraction of sp³-hybridized carbons (Fsp3) is 0.576. The summed E-state index contributed by atoms with van der Waals surface area (Å²) in [5, 5.41) is 10.6. The van der Waals surface area contributed by atoms with Gasteiger partial charge in [0.05, 0.1) is 0 Å². The smallest absolute Gasteiger partial charge is 0.116 e. The van der Waals surface area contributed by atoms with E-state index in [1.165, 1.54) is 80.0 Å². The van der Waals surface area contributed by atoms with Crippen molar-refractivity contribution in [3.8, 4) is 5.75 Å². The topological polar surface area (TPSA) is 20.2 Å². The fourth-order valence-electron chi connectivity index (χ4n) is 6.91. The molecule has 2 aliphatic carbocycles. The molecule has 0 radical (unpaired) electrons. The monoisotopic (exact) mass is 458 g/mol. The summed E-state index contributed by atoms with van der Waals surface area (Å²) >= 11 is 0. The van der Waals surface area contributed by atoms with Gasteiger partial charge < -0.3 is 5.11 Å². The van der Waals surface area contributed by atoms with E-state index in [0.717, 1.165) is 37.0 Å². The lowest BCUT2D eigenvalue weighted by molar-refractivity contribution is 0.119. The predicted octanol–water partition coefficient (Wildman–Crippen LogP) is 9.06. The maximum atomic E-state index is 10.6. The number of allylic oxidation sites excluding steroid dienone is 2. The van der Waals surface area contributed by atoms with Crippen LogP contribution in [-0.2, 0) is 19.3 Å². The predicted molar refractivity (Wildman–Crippen MR) is 145 cm³/mol. The third-order valence-corrected chi connectivity index (χ3v) is 8.67. The van der Waals surface area contributed by atoms with Crippen molar-refractivity contribution in [2.24, 2.45) is 23.2 Å². The van der Waals surface area contributed by atoms with Crippen molar-refractivity contribution in [2.75, 3.05) is 0 Å². The minimum Gasteiger partial charge on any atom is -0.508 e. The summed E-state index contributed by atoms with van der Waals surface area (Å²) in [4.78, 5) is 0. The van der Waals surface area contributed by atoms with Crippen LogP contribution in [-0.4, -0.2) is 5.11 Å². The highest BCUT2D eigenvalue weighted by molar-refractivity contribution is 5.39. The van der Waals surface area contributed by atoms with Crippen molar-refractivity contribution in [3.63, 3.8) is 0 Å². The second-order valence-corrected chi connectivity index (χ2v) is 11.8. The maximum Gasteiger partial charge on any atom is 0.116 e. The van der Waals surface area contributed by atoms with E-state index in [9.17, 15) is 5.11 Å². The van der Waals surface area contributed by atoms with E-state index in [-0.39, 0.29) is 0 Å². The van der Waals surface area contributed by atoms with Crippen LogP contribution in [0.25, 0.3) is 0 Å². The number of phenolic OH excluding ortho intramolecular Hbond substituents is 1. The van der Waals surface area contributed by atoms with Gasteiger partial charge in [0, 0.05) is 0 Å². The molecule has 0 bridgehead atoms. The van der Waals surface area contributed by atoms with Crippen molar-refractivity contribution >= 4 is 0 Å². The van der Waals surface area contributed by atoms with Crippen LogP contribution in [0.5, 0.6) is 5.75 Å².